The molecule has 1 fully saturated rings. The summed E-state index contributed by atoms with van der Waals surface area (Å²) in [5.41, 5.74) is 1.95. The summed E-state index contributed by atoms with van der Waals surface area (Å²) in [5.74, 6) is -0.409. The van der Waals surface area contributed by atoms with Crippen molar-refractivity contribution in [3.63, 3.8) is 0 Å². The van der Waals surface area contributed by atoms with Gasteiger partial charge in [-0.25, -0.2) is 9.07 Å². The van der Waals surface area contributed by atoms with Crippen LogP contribution in [0.4, 0.5) is 4.39 Å². The van der Waals surface area contributed by atoms with Crippen LogP contribution in [0.15, 0.2) is 30.3 Å². The first kappa shape index (κ1) is 22.0. The Bertz CT molecular complexity index is 931. The highest BCUT2D eigenvalue weighted by atomic mass is 35.5. The van der Waals surface area contributed by atoms with Gasteiger partial charge in [-0.05, 0) is 56.5 Å². The van der Waals surface area contributed by atoms with Gasteiger partial charge in [0, 0.05) is 37.2 Å². The number of halogens is 2. The number of hydrogen-bond acceptors (Lipinski definition) is 3. The standard InChI is InChI=1S/C22H26ClFN4O2/c1-3-12-25-22(30)16-10-13-27(14-11-16)20(29)9-8-19-15(2)26-28(21(19)23)18-6-4-17(24)5-7-18/h4-9,16H,3,10-14H2,1-2H3,(H,25,30)/b9-8+. The number of hydrogen-bond donors (Lipinski definition) is 1. The number of rotatable bonds is 6. The Labute approximate surface area is 180 Å². The van der Waals surface area contributed by atoms with Crippen LogP contribution in [-0.2, 0) is 9.59 Å². The molecule has 0 saturated carbocycles. The van der Waals surface area contributed by atoms with Gasteiger partial charge in [0.2, 0.25) is 11.8 Å². The maximum atomic E-state index is 13.2. The first-order chi connectivity index (χ1) is 14.4. The van der Waals surface area contributed by atoms with Gasteiger partial charge in [-0.2, -0.15) is 5.10 Å². The molecule has 6 nitrogen and oxygen atoms in total. The lowest BCUT2D eigenvalue weighted by molar-refractivity contribution is -0.132. The van der Waals surface area contributed by atoms with Crippen LogP contribution < -0.4 is 5.32 Å². The molecule has 0 spiro atoms. The van der Waals surface area contributed by atoms with E-state index in [1.54, 1.807) is 30.0 Å². The number of nitrogens with zero attached hydrogens (tertiary/aromatic N) is 3. The summed E-state index contributed by atoms with van der Waals surface area (Å²) >= 11 is 6.45. The highest BCUT2D eigenvalue weighted by Crippen LogP contribution is 2.25. The number of benzene rings is 1. The van der Waals surface area contributed by atoms with E-state index < -0.39 is 0 Å². The summed E-state index contributed by atoms with van der Waals surface area (Å²) in [7, 11) is 0. The summed E-state index contributed by atoms with van der Waals surface area (Å²) in [6, 6.07) is 5.86. The van der Waals surface area contributed by atoms with Crippen LogP contribution in [-0.4, -0.2) is 46.1 Å². The van der Waals surface area contributed by atoms with E-state index in [0.717, 1.165) is 6.42 Å². The molecule has 0 atom stereocenters. The molecule has 160 valence electrons. The van der Waals surface area contributed by atoms with E-state index in [1.165, 1.54) is 22.9 Å². The van der Waals surface area contributed by atoms with Gasteiger partial charge in [-0.15, -0.1) is 0 Å². The molecule has 2 aromatic rings. The molecule has 1 saturated heterocycles. The van der Waals surface area contributed by atoms with E-state index >= 15 is 0 Å². The van der Waals surface area contributed by atoms with Crippen LogP contribution in [0.3, 0.4) is 0 Å². The summed E-state index contributed by atoms with van der Waals surface area (Å²) in [6.07, 6.45) is 5.39. The van der Waals surface area contributed by atoms with E-state index in [2.05, 4.69) is 10.4 Å². The van der Waals surface area contributed by atoms with E-state index in [-0.39, 0.29) is 23.5 Å². The maximum Gasteiger partial charge on any atom is 0.246 e. The van der Waals surface area contributed by atoms with Crippen LogP contribution in [0.5, 0.6) is 0 Å². The van der Waals surface area contributed by atoms with Gasteiger partial charge in [-0.3, -0.25) is 9.59 Å². The third kappa shape index (κ3) is 5.08. The largest absolute Gasteiger partial charge is 0.356 e. The Morgan fingerprint density at radius 2 is 1.93 bits per heavy atom. The Balaban J connectivity index is 1.63. The second-order valence-corrected chi connectivity index (χ2v) is 7.76. The smallest absolute Gasteiger partial charge is 0.246 e. The van der Waals surface area contributed by atoms with Gasteiger partial charge in [0.15, 0.2) is 0 Å². The van der Waals surface area contributed by atoms with Crippen molar-refractivity contribution >= 4 is 29.5 Å². The molecule has 2 heterocycles. The molecular formula is C22H26ClFN4O2. The lowest BCUT2D eigenvalue weighted by atomic mass is 9.96. The fourth-order valence-electron chi connectivity index (χ4n) is 3.47. The van der Waals surface area contributed by atoms with Gasteiger partial charge < -0.3 is 10.2 Å². The van der Waals surface area contributed by atoms with Gasteiger partial charge in [0.05, 0.1) is 11.4 Å². The minimum Gasteiger partial charge on any atom is -0.356 e. The molecule has 1 aromatic heterocycles. The lowest BCUT2D eigenvalue weighted by Gasteiger charge is -2.30. The number of nitrogens with one attached hydrogen (secondary N) is 1. The number of amides is 2. The third-order valence-corrected chi connectivity index (χ3v) is 5.60. The first-order valence-corrected chi connectivity index (χ1v) is 10.5. The van der Waals surface area contributed by atoms with Crippen molar-refractivity contribution in [2.45, 2.75) is 33.1 Å². The number of carbonyl (C=O) groups is 2. The van der Waals surface area contributed by atoms with Crippen LogP contribution in [0.1, 0.15) is 37.4 Å². The van der Waals surface area contributed by atoms with E-state index in [0.29, 0.717) is 54.6 Å². The lowest BCUT2D eigenvalue weighted by Crippen LogP contribution is -2.42. The fourth-order valence-corrected chi connectivity index (χ4v) is 3.80. The van der Waals surface area contributed by atoms with Crippen molar-refractivity contribution in [2.24, 2.45) is 5.92 Å². The first-order valence-electron chi connectivity index (χ1n) is 10.2. The predicted molar refractivity (Wildman–Crippen MR) is 115 cm³/mol. The summed E-state index contributed by atoms with van der Waals surface area (Å²) in [6.45, 7) is 5.61. The van der Waals surface area contributed by atoms with Gasteiger partial charge in [0.1, 0.15) is 11.0 Å². The fraction of sp³-hybridized carbons (Fsp3) is 0.409. The average molecular weight is 433 g/mol. The average Bonchev–Trinajstić information content (AvgIpc) is 3.04. The zero-order chi connectivity index (χ0) is 21.7. The minimum atomic E-state index is -0.337. The number of piperidine rings is 1. The zero-order valence-electron chi connectivity index (χ0n) is 17.2. The molecule has 0 unspecified atom stereocenters. The van der Waals surface area contributed by atoms with Crippen molar-refractivity contribution in [1.82, 2.24) is 20.0 Å². The highest BCUT2D eigenvalue weighted by Gasteiger charge is 2.26. The number of carbonyl (C=O) groups excluding carboxylic acids is 2. The van der Waals surface area contributed by atoms with E-state index in [1.807, 2.05) is 6.92 Å². The van der Waals surface area contributed by atoms with Crippen molar-refractivity contribution in [1.29, 1.82) is 0 Å². The van der Waals surface area contributed by atoms with Crippen molar-refractivity contribution in [3.8, 4) is 5.69 Å². The van der Waals surface area contributed by atoms with Crippen molar-refractivity contribution < 1.29 is 14.0 Å². The number of aryl methyl sites for hydroxylation is 1. The summed E-state index contributed by atoms with van der Waals surface area (Å²) < 4.78 is 14.7. The third-order valence-electron chi connectivity index (χ3n) is 5.24. The molecule has 1 N–H and O–H groups in total. The van der Waals surface area contributed by atoms with Crippen LogP contribution >= 0.6 is 11.6 Å². The van der Waals surface area contributed by atoms with Crippen LogP contribution in [0, 0.1) is 18.7 Å². The van der Waals surface area contributed by atoms with Crippen LogP contribution in [0.25, 0.3) is 11.8 Å². The van der Waals surface area contributed by atoms with E-state index in [4.69, 9.17) is 11.6 Å². The normalized spacial score (nSPS) is 15.0. The molecule has 1 aliphatic heterocycles. The molecule has 8 heteroatoms. The highest BCUT2D eigenvalue weighted by molar-refractivity contribution is 6.31. The molecule has 2 amide bonds. The topological polar surface area (TPSA) is 67.2 Å². The number of likely N-dealkylation sites (tertiary alicyclic amines) is 1. The zero-order valence-corrected chi connectivity index (χ0v) is 18.0. The Hall–Kier alpha value is -2.67. The second kappa shape index (κ2) is 9.89. The maximum absolute atomic E-state index is 13.2. The molecule has 1 aromatic carbocycles. The Morgan fingerprint density at radius 1 is 1.27 bits per heavy atom. The molecule has 3 rings (SSSR count). The van der Waals surface area contributed by atoms with Gasteiger partial charge >= 0.3 is 0 Å². The molecule has 0 aliphatic carbocycles. The van der Waals surface area contributed by atoms with Crippen LogP contribution in [0.2, 0.25) is 5.15 Å². The SMILES string of the molecule is CCCNC(=O)C1CCN(C(=O)/C=C/c2c(C)nn(-c3ccc(F)cc3)c2Cl)CC1. The molecule has 0 bridgehead atoms. The van der Waals surface area contributed by atoms with E-state index in [9.17, 15) is 14.0 Å². The Morgan fingerprint density at radius 3 is 2.57 bits per heavy atom. The summed E-state index contributed by atoms with van der Waals surface area (Å²) in [4.78, 5) is 26.4. The predicted octanol–water partition coefficient (Wildman–Crippen LogP) is 3.75. The van der Waals surface area contributed by atoms with Gasteiger partial charge in [-0.1, -0.05) is 18.5 Å². The quantitative estimate of drug-likeness (QED) is 0.707. The van der Waals surface area contributed by atoms with Crippen molar-refractivity contribution in [2.75, 3.05) is 19.6 Å². The van der Waals surface area contributed by atoms with Crippen molar-refractivity contribution in [3.05, 3.63) is 52.6 Å². The minimum absolute atomic E-state index is 0.0322. The monoisotopic (exact) mass is 432 g/mol. The molecular weight excluding hydrogens is 407 g/mol. The second-order valence-electron chi connectivity index (χ2n) is 7.40. The van der Waals surface area contributed by atoms with Gasteiger partial charge in [0.25, 0.3) is 0 Å². The molecule has 30 heavy (non-hydrogen) atoms. The molecule has 1 aliphatic rings. The Kier molecular flexibility index (Phi) is 7.26. The molecule has 0 radical (unpaired) electrons. The summed E-state index contributed by atoms with van der Waals surface area (Å²) in [5, 5.41) is 7.67. The number of aromatic nitrogens is 2.